The van der Waals surface area contributed by atoms with Crippen molar-refractivity contribution in [3.63, 3.8) is 0 Å². The van der Waals surface area contributed by atoms with Gasteiger partial charge in [0.1, 0.15) is 0 Å². The molecule has 0 bridgehead atoms. The van der Waals surface area contributed by atoms with E-state index in [1.54, 1.807) is 0 Å². The fraction of sp³-hybridized carbons (Fsp3) is 0.529. The van der Waals surface area contributed by atoms with Crippen molar-refractivity contribution in [2.24, 2.45) is 11.7 Å². The number of hydrogen-bond donors (Lipinski definition) is 1. The summed E-state index contributed by atoms with van der Waals surface area (Å²) in [6.07, 6.45) is 3.89. The highest BCUT2D eigenvalue weighted by Gasteiger charge is 2.34. The Kier molecular flexibility index (Phi) is 5.34. The van der Waals surface area contributed by atoms with E-state index >= 15 is 0 Å². The molecule has 3 nitrogen and oxygen atoms in total. The minimum Gasteiger partial charge on any atom is -0.393 e. The number of hydrogen-bond acceptors (Lipinski definition) is 2. The molecule has 0 spiro atoms. The maximum absolute atomic E-state index is 12.9. The van der Waals surface area contributed by atoms with E-state index < -0.39 is 5.92 Å². The predicted octanol–water partition coefficient (Wildman–Crippen LogP) is 2.92. The quantitative estimate of drug-likeness (QED) is 0.870. The van der Waals surface area contributed by atoms with Crippen LogP contribution in [0, 0.1) is 5.92 Å². The van der Waals surface area contributed by atoms with Crippen LogP contribution in [-0.2, 0) is 11.2 Å². The summed E-state index contributed by atoms with van der Waals surface area (Å²) >= 11 is 5.17. The average Bonchev–Trinajstić information content (AvgIpc) is 2.45. The molecule has 2 rings (SSSR count). The SMILES string of the molecule is CC1CCCC(C)N1C(=O)C(Cc1ccccc1)C(N)=S. The zero-order chi connectivity index (χ0) is 15.4. The highest BCUT2D eigenvalue weighted by Crippen LogP contribution is 2.25. The van der Waals surface area contributed by atoms with E-state index in [-0.39, 0.29) is 18.0 Å². The number of nitrogens with two attached hydrogens (primary N) is 1. The van der Waals surface area contributed by atoms with Crippen molar-refractivity contribution in [2.75, 3.05) is 0 Å². The molecule has 21 heavy (non-hydrogen) atoms. The maximum atomic E-state index is 12.9. The van der Waals surface area contributed by atoms with E-state index in [0.29, 0.717) is 11.4 Å². The lowest BCUT2D eigenvalue weighted by Crippen LogP contribution is -2.52. The van der Waals surface area contributed by atoms with Crippen molar-refractivity contribution in [2.45, 2.75) is 51.6 Å². The normalized spacial score (nSPS) is 23.6. The molecule has 1 aromatic carbocycles. The van der Waals surface area contributed by atoms with Crippen LogP contribution < -0.4 is 5.73 Å². The van der Waals surface area contributed by atoms with Crippen molar-refractivity contribution < 1.29 is 4.79 Å². The number of carbonyl (C=O) groups excluding carboxylic acids is 1. The molecule has 4 heteroatoms. The average molecular weight is 304 g/mol. The molecule has 0 radical (unpaired) electrons. The van der Waals surface area contributed by atoms with E-state index in [2.05, 4.69) is 13.8 Å². The van der Waals surface area contributed by atoms with Gasteiger partial charge in [-0.15, -0.1) is 0 Å². The first-order valence-corrected chi connectivity index (χ1v) is 8.07. The summed E-state index contributed by atoms with van der Waals surface area (Å²) in [5.41, 5.74) is 6.97. The lowest BCUT2D eigenvalue weighted by atomic mass is 9.92. The van der Waals surface area contributed by atoms with Gasteiger partial charge in [-0.2, -0.15) is 0 Å². The fourth-order valence-electron chi connectivity index (χ4n) is 3.20. The zero-order valence-corrected chi connectivity index (χ0v) is 13.6. The van der Waals surface area contributed by atoms with Crippen molar-refractivity contribution in [1.29, 1.82) is 0 Å². The standard InChI is InChI=1S/C17H24N2OS/c1-12-7-6-8-13(2)19(12)17(20)15(16(18)21)11-14-9-4-3-5-10-14/h3-5,9-10,12-13,15H,6-8,11H2,1-2H3,(H2,18,21). The monoisotopic (exact) mass is 304 g/mol. The third-order valence-electron chi connectivity index (χ3n) is 4.37. The van der Waals surface area contributed by atoms with E-state index in [1.165, 1.54) is 6.42 Å². The Bertz CT molecular complexity index is 493. The van der Waals surface area contributed by atoms with Crippen molar-refractivity contribution in [3.8, 4) is 0 Å². The smallest absolute Gasteiger partial charge is 0.233 e. The molecule has 1 amide bonds. The number of nitrogens with zero attached hydrogens (tertiary/aromatic N) is 1. The fourth-order valence-corrected chi connectivity index (χ4v) is 3.38. The molecular weight excluding hydrogens is 280 g/mol. The molecule has 0 aromatic heterocycles. The Morgan fingerprint density at radius 2 is 1.86 bits per heavy atom. The van der Waals surface area contributed by atoms with Crippen molar-refractivity contribution in [1.82, 2.24) is 4.90 Å². The first-order chi connectivity index (χ1) is 10.0. The summed E-state index contributed by atoms with van der Waals surface area (Å²) < 4.78 is 0. The molecule has 1 saturated heterocycles. The second kappa shape index (κ2) is 7.03. The van der Waals surface area contributed by atoms with E-state index in [0.717, 1.165) is 18.4 Å². The van der Waals surface area contributed by atoms with Gasteiger partial charge < -0.3 is 10.6 Å². The molecule has 1 aromatic rings. The van der Waals surface area contributed by atoms with Gasteiger partial charge in [0.2, 0.25) is 5.91 Å². The Balaban J connectivity index is 2.17. The maximum Gasteiger partial charge on any atom is 0.233 e. The van der Waals surface area contributed by atoms with Crippen LogP contribution in [0.2, 0.25) is 0 Å². The van der Waals surface area contributed by atoms with Gasteiger partial charge in [-0.3, -0.25) is 4.79 Å². The molecular formula is C17H24N2OS. The van der Waals surface area contributed by atoms with Crippen LogP contribution in [0.3, 0.4) is 0 Å². The van der Waals surface area contributed by atoms with Crippen molar-refractivity contribution >= 4 is 23.1 Å². The summed E-state index contributed by atoms with van der Waals surface area (Å²) in [5.74, 6) is -0.309. The first kappa shape index (κ1) is 16.0. The lowest BCUT2D eigenvalue weighted by molar-refractivity contribution is -0.139. The summed E-state index contributed by atoms with van der Waals surface area (Å²) in [6, 6.07) is 10.5. The van der Waals surface area contributed by atoms with Crippen LogP contribution in [0.25, 0.3) is 0 Å². The van der Waals surface area contributed by atoms with Gasteiger partial charge in [0.15, 0.2) is 0 Å². The Morgan fingerprint density at radius 3 is 2.38 bits per heavy atom. The highest BCUT2D eigenvalue weighted by molar-refractivity contribution is 7.80. The van der Waals surface area contributed by atoms with Crippen molar-refractivity contribution in [3.05, 3.63) is 35.9 Å². The summed E-state index contributed by atoms with van der Waals surface area (Å²) in [4.78, 5) is 15.2. The lowest BCUT2D eigenvalue weighted by Gasteiger charge is -2.40. The van der Waals surface area contributed by atoms with Crippen LogP contribution in [0.4, 0.5) is 0 Å². The van der Waals surface area contributed by atoms with Gasteiger partial charge in [0.05, 0.1) is 10.9 Å². The highest BCUT2D eigenvalue weighted by atomic mass is 32.1. The number of likely N-dealkylation sites (tertiary alicyclic amines) is 1. The molecule has 114 valence electrons. The predicted molar refractivity (Wildman–Crippen MR) is 90.0 cm³/mol. The van der Waals surface area contributed by atoms with Crippen LogP contribution >= 0.6 is 12.2 Å². The Hall–Kier alpha value is -1.42. The molecule has 1 fully saturated rings. The van der Waals surface area contributed by atoms with Gasteiger partial charge >= 0.3 is 0 Å². The summed E-state index contributed by atoms with van der Waals surface area (Å²) in [7, 11) is 0. The molecule has 1 aliphatic rings. The number of carbonyl (C=O) groups is 1. The van der Waals surface area contributed by atoms with E-state index in [9.17, 15) is 4.79 Å². The molecule has 1 aliphatic heterocycles. The number of amides is 1. The second-order valence-electron chi connectivity index (χ2n) is 6.02. The summed E-state index contributed by atoms with van der Waals surface area (Å²) in [5, 5.41) is 0. The minimum atomic E-state index is -0.398. The molecule has 1 heterocycles. The molecule has 2 N–H and O–H groups in total. The molecule has 0 aliphatic carbocycles. The van der Waals surface area contributed by atoms with Gasteiger partial charge in [0.25, 0.3) is 0 Å². The minimum absolute atomic E-state index is 0.0889. The third kappa shape index (κ3) is 3.82. The van der Waals surface area contributed by atoms with Crippen LogP contribution in [0.5, 0.6) is 0 Å². The topological polar surface area (TPSA) is 46.3 Å². The van der Waals surface area contributed by atoms with Crippen LogP contribution in [-0.4, -0.2) is 27.9 Å². The van der Waals surface area contributed by atoms with Crippen LogP contribution in [0.15, 0.2) is 30.3 Å². The number of thiocarbonyl (C=S) groups is 1. The van der Waals surface area contributed by atoms with Gasteiger partial charge in [-0.1, -0.05) is 42.5 Å². The van der Waals surface area contributed by atoms with Gasteiger partial charge in [0, 0.05) is 12.1 Å². The molecule has 0 saturated carbocycles. The zero-order valence-electron chi connectivity index (χ0n) is 12.8. The molecule has 3 unspecified atom stereocenters. The number of benzene rings is 1. The number of rotatable bonds is 4. The largest absolute Gasteiger partial charge is 0.393 e. The van der Waals surface area contributed by atoms with E-state index in [4.69, 9.17) is 18.0 Å². The second-order valence-corrected chi connectivity index (χ2v) is 6.49. The first-order valence-electron chi connectivity index (χ1n) is 7.66. The third-order valence-corrected chi connectivity index (χ3v) is 4.66. The summed E-state index contributed by atoms with van der Waals surface area (Å²) in [6.45, 7) is 4.24. The van der Waals surface area contributed by atoms with Crippen LogP contribution in [0.1, 0.15) is 38.7 Å². The Labute approximate surface area is 132 Å². The number of piperidine rings is 1. The van der Waals surface area contributed by atoms with Gasteiger partial charge in [-0.05, 0) is 45.1 Å². The van der Waals surface area contributed by atoms with E-state index in [1.807, 2.05) is 35.2 Å². The van der Waals surface area contributed by atoms with Gasteiger partial charge in [-0.25, -0.2) is 0 Å². The molecule has 3 atom stereocenters. The Morgan fingerprint density at radius 1 is 1.29 bits per heavy atom.